The van der Waals surface area contributed by atoms with Gasteiger partial charge in [0, 0.05) is 13.2 Å². The molecule has 2 N–H and O–H groups in total. The third kappa shape index (κ3) is 1.58. The van der Waals surface area contributed by atoms with E-state index in [1.807, 2.05) is 27.1 Å². The first-order valence-electron chi connectivity index (χ1n) is 3.51. The Labute approximate surface area is 65.9 Å². The Morgan fingerprint density at radius 1 is 1.73 bits per heavy atom. The summed E-state index contributed by atoms with van der Waals surface area (Å²) in [5, 5.41) is 4.19. The molecule has 1 unspecified atom stereocenters. The zero-order valence-corrected chi connectivity index (χ0v) is 7.03. The minimum absolute atomic E-state index is 0.129. The summed E-state index contributed by atoms with van der Waals surface area (Å²) >= 11 is 0. The summed E-state index contributed by atoms with van der Waals surface area (Å²) < 4.78 is 1.75. The smallest absolute Gasteiger partial charge is 0.120 e. The number of hydrogen-bond donors (Lipinski definition) is 1. The van der Waals surface area contributed by atoms with Gasteiger partial charge in [0.25, 0.3) is 0 Å². The number of nitrogens with two attached hydrogens (primary N) is 1. The molecule has 0 bridgehead atoms. The molecule has 4 nitrogen and oxygen atoms in total. The van der Waals surface area contributed by atoms with Gasteiger partial charge in [-0.3, -0.25) is 9.52 Å². The lowest BCUT2D eigenvalue weighted by Gasteiger charge is -2.04. The normalized spacial score (nSPS) is 13.5. The van der Waals surface area contributed by atoms with Gasteiger partial charge in [-0.15, -0.1) is 0 Å². The van der Waals surface area contributed by atoms with Gasteiger partial charge >= 0.3 is 0 Å². The van der Waals surface area contributed by atoms with Gasteiger partial charge in [-0.2, -0.15) is 5.10 Å². The van der Waals surface area contributed by atoms with Crippen molar-refractivity contribution in [2.24, 2.45) is 12.9 Å². The number of aryl methyl sites for hydroxylation is 2. The first-order chi connectivity index (χ1) is 5.15. The molecule has 0 radical (unpaired) electrons. The number of rotatable bonds is 2. The SMILES string of the molecule is Cc1cn(C)nc1C(C)ON. The summed E-state index contributed by atoms with van der Waals surface area (Å²) in [6.07, 6.45) is 1.81. The molecule has 0 aliphatic carbocycles. The van der Waals surface area contributed by atoms with E-state index in [9.17, 15) is 0 Å². The van der Waals surface area contributed by atoms with Gasteiger partial charge in [0.2, 0.25) is 0 Å². The fourth-order valence-electron chi connectivity index (χ4n) is 1.09. The van der Waals surface area contributed by atoms with Gasteiger partial charge in [-0.05, 0) is 19.4 Å². The molecule has 62 valence electrons. The summed E-state index contributed by atoms with van der Waals surface area (Å²) in [6, 6.07) is 0. The van der Waals surface area contributed by atoms with Crippen LogP contribution in [0, 0.1) is 6.92 Å². The highest BCUT2D eigenvalue weighted by Gasteiger charge is 2.10. The second-order valence-electron chi connectivity index (χ2n) is 2.65. The van der Waals surface area contributed by atoms with Crippen LogP contribution in [0.3, 0.4) is 0 Å². The Kier molecular flexibility index (Phi) is 2.26. The van der Waals surface area contributed by atoms with Crippen LogP contribution in [0.1, 0.15) is 24.3 Å². The van der Waals surface area contributed by atoms with E-state index in [-0.39, 0.29) is 6.10 Å². The zero-order chi connectivity index (χ0) is 8.43. The van der Waals surface area contributed by atoms with Crippen molar-refractivity contribution in [2.45, 2.75) is 20.0 Å². The molecule has 1 atom stereocenters. The van der Waals surface area contributed by atoms with E-state index in [1.54, 1.807) is 4.68 Å². The third-order valence-electron chi connectivity index (χ3n) is 1.64. The summed E-state index contributed by atoms with van der Waals surface area (Å²) in [4.78, 5) is 4.65. The molecule has 0 aliphatic rings. The lowest BCUT2D eigenvalue weighted by Crippen LogP contribution is -2.07. The van der Waals surface area contributed by atoms with Crippen LogP contribution in [-0.2, 0) is 11.9 Å². The van der Waals surface area contributed by atoms with Gasteiger partial charge in [0.05, 0.1) is 5.69 Å². The Balaban J connectivity index is 2.93. The van der Waals surface area contributed by atoms with Gasteiger partial charge < -0.3 is 0 Å². The van der Waals surface area contributed by atoms with Gasteiger partial charge in [-0.25, -0.2) is 5.90 Å². The highest BCUT2D eigenvalue weighted by Crippen LogP contribution is 2.15. The van der Waals surface area contributed by atoms with E-state index >= 15 is 0 Å². The minimum Gasteiger partial charge on any atom is -0.295 e. The van der Waals surface area contributed by atoms with Crippen LogP contribution in [0.4, 0.5) is 0 Å². The molecule has 4 heteroatoms. The molecular weight excluding hydrogens is 142 g/mol. The molecule has 0 aromatic carbocycles. The molecule has 1 rings (SSSR count). The second-order valence-corrected chi connectivity index (χ2v) is 2.65. The zero-order valence-electron chi connectivity index (χ0n) is 7.03. The van der Waals surface area contributed by atoms with Crippen LogP contribution in [0.25, 0.3) is 0 Å². The predicted molar refractivity (Wildman–Crippen MR) is 41.6 cm³/mol. The van der Waals surface area contributed by atoms with E-state index in [0.717, 1.165) is 11.3 Å². The van der Waals surface area contributed by atoms with Gasteiger partial charge in [0.15, 0.2) is 0 Å². The highest BCUT2D eigenvalue weighted by molar-refractivity contribution is 5.16. The minimum atomic E-state index is -0.129. The van der Waals surface area contributed by atoms with Crippen LogP contribution in [0.5, 0.6) is 0 Å². The Hall–Kier alpha value is -0.870. The van der Waals surface area contributed by atoms with Crippen molar-refractivity contribution in [1.29, 1.82) is 0 Å². The molecule has 11 heavy (non-hydrogen) atoms. The van der Waals surface area contributed by atoms with Crippen molar-refractivity contribution in [1.82, 2.24) is 9.78 Å². The monoisotopic (exact) mass is 155 g/mol. The molecule has 0 saturated carbocycles. The van der Waals surface area contributed by atoms with Gasteiger partial charge in [0.1, 0.15) is 6.10 Å². The quantitative estimate of drug-likeness (QED) is 0.639. The van der Waals surface area contributed by atoms with Crippen molar-refractivity contribution >= 4 is 0 Å². The predicted octanol–water partition coefficient (Wildman–Crippen LogP) is 0.680. The Bertz CT molecular complexity index is 244. The third-order valence-corrected chi connectivity index (χ3v) is 1.64. The highest BCUT2D eigenvalue weighted by atomic mass is 16.6. The maximum absolute atomic E-state index is 5.03. The Morgan fingerprint density at radius 3 is 2.73 bits per heavy atom. The maximum atomic E-state index is 5.03. The van der Waals surface area contributed by atoms with Crippen molar-refractivity contribution < 1.29 is 4.84 Å². The fraction of sp³-hybridized carbons (Fsp3) is 0.571. The van der Waals surface area contributed by atoms with E-state index in [2.05, 4.69) is 9.94 Å². The lowest BCUT2D eigenvalue weighted by atomic mass is 10.2. The van der Waals surface area contributed by atoms with Gasteiger partial charge in [-0.1, -0.05) is 0 Å². The largest absolute Gasteiger partial charge is 0.295 e. The molecule has 0 saturated heterocycles. The maximum Gasteiger partial charge on any atom is 0.120 e. The van der Waals surface area contributed by atoms with Crippen LogP contribution in [0.15, 0.2) is 6.20 Å². The molecule has 1 heterocycles. The molecule has 0 spiro atoms. The molecular formula is C7H13N3O. The van der Waals surface area contributed by atoms with E-state index < -0.39 is 0 Å². The summed E-state index contributed by atoms with van der Waals surface area (Å²) in [7, 11) is 1.87. The van der Waals surface area contributed by atoms with E-state index in [4.69, 9.17) is 5.90 Å². The fourth-order valence-corrected chi connectivity index (χ4v) is 1.09. The van der Waals surface area contributed by atoms with Crippen LogP contribution >= 0.6 is 0 Å². The first kappa shape index (κ1) is 8.23. The molecule has 1 aromatic rings. The molecule has 0 fully saturated rings. The van der Waals surface area contributed by atoms with Crippen molar-refractivity contribution in [3.05, 3.63) is 17.5 Å². The molecule has 0 aliphatic heterocycles. The average Bonchev–Trinajstić information content (AvgIpc) is 2.28. The van der Waals surface area contributed by atoms with Crippen molar-refractivity contribution in [3.8, 4) is 0 Å². The summed E-state index contributed by atoms with van der Waals surface area (Å²) in [6.45, 7) is 3.85. The van der Waals surface area contributed by atoms with Crippen molar-refractivity contribution in [3.63, 3.8) is 0 Å². The van der Waals surface area contributed by atoms with Crippen LogP contribution < -0.4 is 5.90 Å². The van der Waals surface area contributed by atoms with E-state index in [0.29, 0.717) is 0 Å². The number of aromatic nitrogens is 2. The lowest BCUT2D eigenvalue weighted by molar-refractivity contribution is 0.0626. The summed E-state index contributed by atoms with van der Waals surface area (Å²) in [5.41, 5.74) is 2.00. The molecule has 1 aromatic heterocycles. The van der Waals surface area contributed by atoms with Crippen molar-refractivity contribution in [2.75, 3.05) is 0 Å². The Morgan fingerprint density at radius 2 is 2.36 bits per heavy atom. The first-order valence-corrected chi connectivity index (χ1v) is 3.51. The standard InChI is InChI=1S/C7H13N3O/c1-5-4-10(3)9-7(5)6(2)11-8/h4,6H,8H2,1-3H3. The average molecular weight is 155 g/mol. The van der Waals surface area contributed by atoms with E-state index in [1.165, 1.54) is 0 Å². The summed E-state index contributed by atoms with van der Waals surface area (Å²) in [5.74, 6) is 5.03. The molecule has 0 amide bonds. The van der Waals surface area contributed by atoms with Crippen LogP contribution in [-0.4, -0.2) is 9.78 Å². The number of nitrogens with zero attached hydrogens (tertiary/aromatic N) is 2. The van der Waals surface area contributed by atoms with Crippen LogP contribution in [0.2, 0.25) is 0 Å². The number of hydrogen-bond acceptors (Lipinski definition) is 3. The second kappa shape index (κ2) is 3.02. The topological polar surface area (TPSA) is 53.1 Å².